The summed E-state index contributed by atoms with van der Waals surface area (Å²) in [6, 6.07) is 10.4. The van der Waals surface area contributed by atoms with Gasteiger partial charge < -0.3 is 4.42 Å². The second-order valence-electron chi connectivity index (χ2n) is 6.23. The predicted molar refractivity (Wildman–Crippen MR) is 105 cm³/mol. The second-order valence-corrected chi connectivity index (χ2v) is 6.64. The van der Waals surface area contributed by atoms with E-state index in [4.69, 9.17) is 16.0 Å². The minimum absolute atomic E-state index is 0.0501. The molecule has 4 aromatic rings. The Kier molecular flexibility index (Phi) is 5.26. The van der Waals surface area contributed by atoms with Crippen molar-refractivity contribution in [2.75, 3.05) is 5.32 Å². The first kappa shape index (κ1) is 19.3. The van der Waals surface area contributed by atoms with E-state index in [0.29, 0.717) is 17.3 Å². The van der Waals surface area contributed by atoms with E-state index in [1.165, 1.54) is 23.3 Å². The van der Waals surface area contributed by atoms with Gasteiger partial charge in [0.05, 0.1) is 18.0 Å². The lowest BCUT2D eigenvalue weighted by molar-refractivity contribution is -0.385. The van der Waals surface area contributed by atoms with E-state index >= 15 is 0 Å². The minimum atomic E-state index is -0.539. The molecule has 0 radical (unpaired) electrons. The van der Waals surface area contributed by atoms with Crippen LogP contribution in [-0.4, -0.2) is 35.4 Å². The van der Waals surface area contributed by atoms with Crippen molar-refractivity contribution in [1.82, 2.24) is 24.5 Å². The van der Waals surface area contributed by atoms with Gasteiger partial charge in [0.2, 0.25) is 5.95 Å². The summed E-state index contributed by atoms with van der Waals surface area (Å²) in [4.78, 5) is 26.6. The number of carbonyl (C=O) groups is 1. The van der Waals surface area contributed by atoms with E-state index in [9.17, 15) is 14.9 Å². The fraction of sp³-hybridized carbons (Fsp3) is 0.111. The molecule has 0 fully saturated rings. The largest absolute Gasteiger partial charge is 0.454 e. The fourth-order valence-electron chi connectivity index (χ4n) is 2.67. The molecule has 0 atom stereocenters. The molecule has 0 aliphatic heterocycles. The van der Waals surface area contributed by atoms with Crippen LogP contribution in [0.4, 0.5) is 11.6 Å². The van der Waals surface area contributed by atoms with Crippen molar-refractivity contribution in [3.05, 3.63) is 87.3 Å². The number of nitrogens with one attached hydrogen (secondary N) is 1. The molecule has 0 bridgehead atoms. The quantitative estimate of drug-likeness (QED) is 0.354. The van der Waals surface area contributed by atoms with Crippen molar-refractivity contribution in [3.8, 4) is 0 Å². The van der Waals surface area contributed by atoms with Gasteiger partial charge in [-0.3, -0.25) is 24.9 Å². The van der Waals surface area contributed by atoms with E-state index in [2.05, 4.69) is 20.5 Å². The maximum Gasteiger partial charge on any atom is 0.307 e. The van der Waals surface area contributed by atoms with Gasteiger partial charge >= 0.3 is 5.69 Å². The molecule has 1 aromatic carbocycles. The Morgan fingerprint density at radius 3 is 2.80 bits per heavy atom. The SMILES string of the molecule is O=C(Nc1ncn(Cc2ccccc2Cl)n1)c1ccc(Cn2cc([N+](=O)[O-])cn2)o1. The maximum absolute atomic E-state index is 12.4. The number of amides is 1. The van der Waals surface area contributed by atoms with E-state index < -0.39 is 10.8 Å². The van der Waals surface area contributed by atoms with Crippen LogP contribution >= 0.6 is 11.6 Å². The fourth-order valence-corrected chi connectivity index (χ4v) is 2.87. The van der Waals surface area contributed by atoms with Crippen molar-refractivity contribution in [2.24, 2.45) is 0 Å². The number of carbonyl (C=O) groups excluding carboxylic acids is 1. The molecule has 0 aliphatic carbocycles. The van der Waals surface area contributed by atoms with Crippen LogP contribution < -0.4 is 5.32 Å². The van der Waals surface area contributed by atoms with E-state index in [1.54, 1.807) is 16.8 Å². The lowest BCUT2D eigenvalue weighted by Gasteiger charge is -2.03. The molecule has 11 nitrogen and oxygen atoms in total. The molecular formula is C18H14ClN7O4. The predicted octanol–water partition coefficient (Wildman–Crippen LogP) is 2.98. The van der Waals surface area contributed by atoms with Crippen LogP contribution in [0.2, 0.25) is 5.02 Å². The van der Waals surface area contributed by atoms with E-state index in [1.807, 2.05) is 18.2 Å². The van der Waals surface area contributed by atoms with Crippen LogP contribution in [0.5, 0.6) is 0 Å². The van der Waals surface area contributed by atoms with E-state index in [0.717, 1.165) is 11.8 Å². The number of halogens is 1. The first-order valence-electron chi connectivity index (χ1n) is 8.68. The van der Waals surface area contributed by atoms with Crippen LogP contribution in [0.25, 0.3) is 0 Å². The van der Waals surface area contributed by atoms with Gasteiger partial charge in [-0.1, -0.05) is 29.8 Å². The van der Waals surface area contributed by atoms with Crippen molar-refractivity contribution < 1.29 is 14.1 Å². The van der Waals surface area contributed by atoms with Gasteiger partial charge in [0.15, 0.2) is 5.76 Å². The molecule has 30 heavy (non-hydrogen) atoms. The monoisotopic (exact) mass is 427 g/mol. The average molecular weight is 428 g/mol. The number of furan rings is 1. The molecule has 4 rings (SSSR count). The summed E-state index contributed by atoms with van der Waals surface area (Å²) in [6.07, 6.45) is 3.90. The highest BCUT2D eigenvalue weighted by molar-refractivity contribution is 6.31. The Morgan fingerprint density at radius 2 is 2.03 bits per heavy atom. The summed E-state index contributed by atoms with van der Waals surface area (Å²) in [5.74, 6) is 0.0559. The molecule has 3 aromatic heterocycles. The third-order valence-electron chi connectivity index (χ3n) is 4.09. The van der Waals surface area contributed by atoms with Crippen molar-refractivity contribution in [2.45, 2.75) is 13.1 Å². The first-order chi connectivity index (χ1) is 14.5. The standard InChI is InChI=1S/C18H14ClN7O4/c19-15-4-2-1-3-12(15)8-25-11-20-18(23-25)22-17(27)16-6-5-14(30-16)10-24-9-13(7-21-24)26(28)29/h1-7,9,11H,8,10H2,(H,22,23,27). The number of nitro groups is 1. The second kappa shape index (κ2) is 8.17. The van der Waals surface area contributed by atoms with Crippen LogP contribution in [0.3, 0.4) is 0 Å². The highest BCUT2D eigenvalue weighted by atomic mass is 35.5. The van der Waals surface area contributed by atoms with Gasteiger partial charge in [0, 0.05) is 5.02 Å². The van der Waals surface area contributed by atoms with Crippen molar-refractivity contribution >= 4 is 29.1 Å². The van der Waals surface area contributed by atoms with Gasteiger partial charge in [-0.25, -0.2) is 9.67 Å². The van der Waals surface area contributed by atoms with Crippen LogP contribution in [-0.2, 0) is 13.1 Å². The van der Waals surface area contributed by atoms with Crippen molar-refractivity contribution in [3.63, 3.8) is 0 Å². The molecule has 0 saturated heterocycles. The number of hydrogen-bond donors (Lipinski definition) is 1. The van der Waals surface area contributed by atoms with Gasteiger partial charge in [-0.05, 0) is 23.8 Å². The highest BCUT2D eigenvalue weighted by Gasteiger charge is 2.15. The zero-order chi connectivity index (χ0) is 21.1. The summed E-state index contributed by atoms with van der Waals surface area (Å²) in [6.45, 7) is 0.551. The average Bonchev–Trinajstić information content (AvgIpc) is 3.45. The van der Waals surface area contributed by atoms with Crippen LogP contribution in [0, 0.1) is 10.1 Å². The highest BCUT2D eigenvalue weighted by Crippen LogP contribution is 2.17. The summed E-state index contributed by atoms with van der Waals surface area (Å²) in [5.41, 5.74) is 0.745. The molecule has 0 aliphatic rings. The lowest BCUT2D eigenvalue weighted by Crippen LogP contribution is -2.12. The van der Waals surface area contributed by atoms with Crippen LogP contribution in [0.15, 0.2) is 59.5 Å². The Bertz CT molecular complexity index is 1210. The lowest BCUT2D eigenvalue weighted by atomic mass is 10.2. The Morgan fingerprint density at radius 1 is 1.20 bits per heavy atom. The Hall–Kier alpha value is -3.99. The van der Waals surface area contributed by atoms with Crippen LogP contribution in [0.1, 0.15) is 21.9 Å². The smallest absolute Gasteiger partial charge is 0.307 e. The Balaban J connectivity index is 1.38. The zero-order valence-corrected chi connectivity index (χ0v) is 16.1. The number of hydrogen-bond acceptors (Lipinski definition) is 7. The third-order valence-corrected chi connectivity index (χ3v) is 4.45. The maximum atomic E-state index is 12.4. The first-order valence-corrected chi connectivity index (χ1v) is 9.05. The molecule has 1 amide bonds. The summed E-state index contributed by atoms with van der Waals surface area (Å²) < 4.78 is 8.38. The number of benzene rings is 1. The number of nitrogens with zero attached hydrogens (tertiary/aromatic N) is 6. The molecule has 3 heterocycles. The van der Waals surface area contributed by atoms with Gasteiger partial charge in [0.25, 0.3) is 5.91 Å². The molecule has 0 saturated carbocycles. The Labute approximate surface area is 174 Å². The number of aromatic nitrogens is 5. The van der Waals surface area contributed by atoms with Gasteiger partial charge in [-0.2, -0.15) is 5.10 Å². The molecule has 152 valence electrons. The molecular weight excluding hydrogens is 414 g/mol. The third kappa shape index (κ3) is 4.36. The number of anilines is 1. The summed E-state index contributed by atoms with van der Waals surface area (Å²) in [7, 11) is 0. The number of rotatable bonds is 7. The molecule has 0 spiro atoms. The zero-order valence-electron chi connectivity index (χ0n) is 15.3. The summed E-state index contributed by atoms with van der Waals surface area (Å²) >= 11 is 6.14. The van der Waals surface area contributed by atoms with Crippen molar-refractivity contribution in [1.29, 1.82) is 0 Å². The topological polar surface area (TPSA) is 134 Å². The van der Waals surface area contributed by atoms with Gasteiger partial charge in [-0.15, -0.1) is 5.10 Å². The molecule has 1 N–H and O–H groups in total. The van der Waals surface area contributed by atoms with E-state index in [-0.39, 0.29) is 23.9 Å². The molecule has 12 heteroatoms. The molecule has 0 unspecified atom stereocenters. The summed E-state index contributed by atoms with van der Waals surface area (Å²) in [5, 5.41) is 22.0. The minimum Gasteiger partial charge on any atom is -0.454 e. The van der Waals surface area contributed by atoms with Gasteiger partial charge in [0.1, 0.15) is 24.5 Å². The normalized spacial score (nSPS) is 10.8.